The summed E-state index contributed by atoms with van der Waals surface area (Å²) in [7, 11) is 6.20. The number of hydrogen-bond acceptors (Lipinski definition) is 1. The molecule has 0 saturated heterocycles. The highest BCUT2D eigenvalue weighted by Crippen LogP contribution is 2.06. The van der Waals surface area contributed by atoms with Crippen LogP contribution in [0.2, 0.25) is 0 Å². The van der Waals surface area contributed by atoms with Crippen LogP contribution >= 0.6 is 0 Å². The van der Waals surface area contributed by atoms with Crippen molar-refractivity contribution in [1.82, 2.24) is 14.5 Å². The fourth-order valence-electron chi connectivity index (χ4n) is 0.624. The van der Waals surface area contributed by atoms with Crippen molar-refractivity contribution in [2.75, 3.05) is 21.1 Å². The number of aromatic nitrogens is 2. The van der Waals surface area contributed by atoms with Crippen LogP contribution < -0.4 is 4.48 Å². The Morgan fingerprint density at radius 2 is 2.11 bits per heavy atom. The quantitative estimate of drug-likeness (QED) is 0.549. The van der Waals surface area contributed by atoms with Crippen LogP contribution in [0.4, 0.5) is 5.95 Å². The molecule has 0 unspecified atom stereocenters. The van der Waals surface area contributed by atoms with Gasteiger partial charge in [-0.15, -0.1) is 0 Å². The van der Waals surface area contributed by atoms with Gasteiger partial charge >= 0.3 is 5.95 Å². The predicted molar refractivity (Wildman–Crippen MR) is 38.2 cm³/mol. The van der Waals surface area contributed by atoms with E-state index in [1.54, 1.807) is 6.20 Å². The average molecular weight is 126 g/mol. The highest BCUT2D eigenvalue weighted by atomic mass is 15.4. The molecular formula is C6H12N3+. The smallest absolute Gasteiger partial charge is 0.299 e. The van der Waals surface area contributed by atoms with Crippen LogP contribution in [-0.2, 0) is 0 Å². The molecule has 0 spiro atoms. The summed E-state index contributed by atoms with van der Waals surface area (Å²) >= 11 is 0. The van der Waals surface area contributed by atoms with Gasteiger partial charge < -0.3 is 0 Å². The van der Waals surface area contributed by atoms with E-state index in [-0.39, 0.29) is 0 Å². The molecule has 50 valence electrons. The average Bonchev–Trinajstić information content (AvgIpc) is 2.08. The van der Waals surface area contributed by atoms with Crippen molar-refractivity contribution < 1.29 is 0 Å². The van der Waals surface area contributed by atoms with E-state index in [2.05, 4.69) is 31.1 Å². The van der Waals surface area contributed by atoms with Crippen molar-refractivity contribution in [1.29, 1.82) is 0 Å². The van der Waals surface area contributed by atoms with Gasteiger partial charge in [-0.2, -0.15) is 4.98 Å². The third kappa shape index (κ3) is 1.29. The fraction of sp³-hybridized carbons (Fsp3) is 0.500. The van der Waals surface area contributed by atoms with Gasteiger partial charge in [0, 0.05) is 6.20 Å². The van der Waals surface area contributed by atoms with Gasteiger partial charge in [0.15, 0.2) is 0 Å². The number of nitrogens with zero attached hydrogens (tertiary/aromatic N) is 2. The number of H-pyrrole nitrogens is 1. The SMILES string of the molecule is C[N+](C)(C)c1ncc[nH]1. The van der Waals surface area contributed by atoms with Crippen LogP contribution in [0.1, 0.15) is 0 Å². The molecule has 3 heteroatoms. The van der Waals surface area contributed by atoms with Crippen LogP contribution in [0.3, 0.4) is 0 Å². The zero-order valence-electron chi connectivity index (χ0n) is 6.05. The predicted octanol–water partition coefficient (Wildman–Crippen LogP) is 0.606. The number of rotatable bonds is 1. The number of imidazole rings is 1. The summed E-state index contributed by atoms with van der Waals surface area (Å²) < 4.78 is 0.743. The maximum absolute atomic E-state index is 4.10. The van der Waals surface area contributed by atoms with Gasteiger partial charge in [-0.1, -0.05) is 0 Å². The summed E-state index contributed by atoms with van der Waals surface area (Å²) in [6.45, 7) is 0. The fourth-order valence-corrected chi connectivity index (χ4v) is 0.624. The molecule has 0 aliphatic carbocycles. The molecule has 0 aromatic carbocycles. The molecule has 1 aromatic rings. The van der Waals surface area contributed by atoms with Gasteiger partial charge in [0.2, 0.25) is 0 Å². The zero-order chi connectivity index (χ0) is 6.91. The molecule has 3 nitrogen and oxygen atoms in total. The molecule has 0 amide bonds. The Morgan fingerprint density at radius 3 is 2.33 bits per heavy atom. The standard InChI is InChI=1S/C6H12N3/c1-9(2,3)6-7-4-5-8-6/h4-5H,1-3H3,(H,7,8)/q+1. The molecule has 0 aliphatic rings. The topological polar surface area (TPSA) is 28.7 Å². The van der Waals surface area contributed by atoms with Gasteiger partial charge in [0.05, 0.1) is 27.3 Å². The second-order valence-corrected chi connectivity index (χ2v) is 2.93. The number of hydrogen-bond donors (Lipinski definition) is 1. The second kappa shape index (κ2) is 1.84. The van der Waals surface area contributed by atoms with Crippen molar-refractivity contribution in [3.63, 3.8) is 0 Å². The summed E-state index contributed by atoms with van der Waals surface area (Å²) in [5.41, 5.74) is 0. The molecule has 0 saturated carbocycles. The Kier molecular flexibility index (Phi) is 1.29. The van der Waals surface area contributed by atoms with E-state index in [0.717, 1.165) is 10.4 Å². The van der Waals surface area contributed by atoms with E-state index in [1.807, 2.05) is 6.20 Å². The molecule has 0 bridgehead atoms. The molecule has 9 heavy (non-hydrogen) atoms. The highest BCUT2D eigenvalue weighted by molar-refractivity contribution is 5.19. The van der Waals surface area contributed by atoms with E-state index in [4.69, 9.17) is 0 Å². The normalized spacial score (nSPS) is 11.9. The molecule has 1 rings (SSSR count). The maximum atomic E-state index is 4.10. The molecule has 1 aromatic heterocycles. The summed E-state index contributed by atoms with van der Waals surface area (Å²) in [5, 5.41) is 0. The van der Waals surface area contributed by atoms with Gasteiger partial charge in [-0.25, -0.2) is 0 Å². The first-order valence-corrected chi connectivity index (χ1v) is 2.92. The van der Waals surface area contributed by atoms with E-state index in [9.17, 15) is 0 Å². The third-order valence-corrected chi connectivity index (χ3v) is 1.12. The Labute approximate surface area is 54.9 Å². The monoisotopic (exact) mass is 126 g/mol. The van der Waals surface area contributed by atoms with Crippen molar-refractivity contribution >= 4 is 5.95 Å². The van der Waals surface area contributed by atoms with Gasteiger partial charge in [0.25, 0.3) is 0 Å². The summed E-state index contributed by atoms with van der Waals surface area (Å²) in [5.74, 6) is 0.981. The molecule has 0 atom stereocenters. The maximum Gasteiger partial charge on any atom is 0.305 e. The molecule has 0 radical (unpaired) electrons. The summed E-state index contributed by atoms with van der Waals surface area (Å²) in [4.78, 5) is 7.14. The Bertz CT molecular complexity index is 171. The van der Waals surface area contributed by atoms with Crippen molar-refractivity contribution in [2.24, 2.45) is 0 Å². The minimum absolute atomic E-state index is 0.743. The second-order valence-electron chi connectivity index (χ2n) is 2.93. The van der Waals surface area contributed by atoms with E-state index in [0.29, 0.717) is 0 Å². The molecule has 1 heterocycles. The highest BCUT2D eigenvalue weighted by Gasteiger charge is 2.12. The first-order chi connectivity index (χ1) is 4.11. The minimum atomic E-state index is 0.743. The van der Waals surface area contributed by atoms with Gasteiger partial charge in [0.1, 0.15) is 0 Å². The number of aromatic amines is 1. The minimum Gasteiger partial charge on any atom is -0.299 e. The van der Waals surface area contributed by atoms with Crippen LogP contribution in [-0.4, -0.2) is 31.1 Å². The van der Waals surface area contributed by atoms with Crippen molar-refractivity contribution in [3.8, 4) is 0 Å². The van der Waals surface area contributed by atoms with Crippen molar-refractivity contribution in [3.05, 3.63) is 12.4 Å². The van der Waals surface area contributed by atoms with Crippen molar-refractivity contribution in [2.45, 2.75) is 0 Å². The first kappa shape index (κ1) is 6.29. The summed E-state index contributed by atoms with van der Waals surface area (Å²) in [6, 6.07) is 0. The lowest BCUT2D eigenvalue weighted by molar-refractivity contribution is 0.463. The van der Waals surface area contributed by atoms with E-state index in [1.165, 1.54) is 0 Å². The van der Waals surface area contributed by atoms with Crippen LogP contribution in [0.5, 0.6) is 0 Å². The zero-order valence-corrected chi connectivity index (χ0v) is 6.05. The number of nitrogens with one attached hydrogen (secondary N) is 1. The molecular weight excluding hydrogens is 114 g/mol. The Hall–Kier alpha value is -0.830. The molecule has 0 aliphatic heterocycles. The lowest BCUT2D eigenvalue weighted by atomic mass is 10.7. The lowest BCUT2D eigenvalue weighted by Crippen LogP contribution is -2.35. The molecule has 1 N–H and O–H groups in total. The largest absolute Gasteiger partial charge is 0.305 e. The molecule has 0 fully saturated rings. The first-order valence-electron chi connectivity index (χ1n) is 2.92. The third-order valence-electron chi connectivity index (χ3n) is 1.12. The van der Waals surface area contributed by atoms with Crippen LogP contribution in [0, 0.1) is 0 Å². The Morgan fingerprint density at radius 1 is 1.44 bits per heavy atom. The summed E-state index contributed by atoms with van der Waals surface area (Å²) in [6.07, 6.45) is 3.59. The van der Waals surface area contributed by atoms with Gasteiger partial charge in [-0.05, 0) is 0 Å². The van der Waals surface area contributed by atoms with Crippen LogP contribution in [0.25, 0.3) is 0 Å². The number of quaternary nitrogens is 1. The lowest BCUT2D eigenvalue weighted by Gasteiger charge is -2.18. The van der Waals surface area contributed by atoms with Crippen LogP contribution in [0.15, 0.2) is 12.4 Å². The van der Waals surface area contributed by atoms with E-state index >= 15 is 0 Å². The van der Waals surface area contributed by atoms with Gasteiger partial charge in [-0.3, -0.25) is 9.47 Å². The Balaban J connectivity index is 2.90. The van der Waals surface area contributed by atoms with E-state index < -0.39 is 0 Å².